The highest BCUT2D eigenvalue weighted by Gasteiger charge is 2.23. The number of para-hydroxylation sites is 1. The molecule has 0 spiro atoms. The second-order valence-electron chi connectivity index (χ2n) is 4.97. The van der Waals surface area contributed by atoms with E-state index in [4.69, 9.17) is 0 Å². The summed E-state index contributed by atoms with van der Waals surface area (Å²) in [5.74, 6) is -1.37. The van der Waals surface area contributed by atoms with Gasteiger partial charge in [-0.15, -0.1) is 0 Å². The molecule has 0 aliphatic carbocycles. The number of amides is 1. The van der Waals surface area contributed by atoms with Crippen molar-refractivity contribution in [1.29, 1.82) is 0 Å². The molecule has 2 atom stereocenters. The molecule has 21 heavy (non-hydrogen) atoms. The fraction of sp³-hybridized carbons (Fsp3) is 0.333. The summed E-state index contributed by atoms with van der Waals surface area (Å²) in [5, 5.41) is 15.6. The quantitative estimate of drug-likeness (QED) is 0.635. The summed E-state index contributed by atoms with van der Waals surface area (Å²) in [7, 11) is 1.65. The molecule has 0 saturated carbocycles. The molecule has 4 N–H and O–H groups in total. The van der Waals surface area contributed by atoms with Gasteiger partial charge in [0, 0.05) is 23.5 Å². The molecule has 1 aromatic carbocycles. The third kappa shape index (κ3) is 3.41. The number of benzene rings is 1. The molecule has 6 heteroatoms. The van der Waals surface area contributed by atoms with Crippen molar-refractivity contribution in [3.63, 3.8) is 0 Å². The highest BCUT2D eigenvalue weighted by Crippen LogP contribution is 2.19. The van der Waals surface area contributed by atoms with Crippen LogP contribution in [0.15, 0.2) is 30.5 Å². The zero-order chi connectivity index (χ0) is 15.4. The number of hydrogen-bond acceptors (Lipinski definition) is 3. The fourth-order valence-electron chi connectivity index (χ4n) is 2.15. The van der Waals surface area contributed by atoms with Crippen LogP contribution in [0.2, 0.25) is 0 Å². The second kappa shape index (κ2) is 6.41. The smallest absolute Gasteiger partial charge is 0.326 e. The fourth-order valence-corrected chi connectivity index (χ4v) is 2.15. The first-order valence-electron chi connectivity index (χ1n) is 6.78. The van der Waals surface area contributed by atoms with Gasteiger partial charge in [-0.1, -0.05) is 18.2 Å². The number of carbonyl (C=O) groups is 2. The average molecular weight is 289 g/mol. The third-order valence-electron chi connectivity index (χ3n) is 3.54. The standard InChI is InChI=1S/C15H19N3O3/c1-9(16-2)14(19)18-13(15(20)21)7-10-8-17-12-6-4-3-5-11(10)12/h3-6,8-9,13,16-17H,7H2,1-2H3,(H,18,19)(H,20,21). The highest BCUT2D eigenvalue weighted by atomic mass is 16.4. The molecule has 0 bridgehead atoms. The van der Waals surface area contributed by atoms with Crippen molar-refractivity contribution in [2.24, 2.45) is 0 Å². The monoisotopic (exact) mass is 289 g/mol. The lowest BCUT2D eigenvalue weighted by atomic mass is 10.0. The van der Waals surface area contributed by atoms with E-state index < -0.39 is 18.1 Å². The van der Waals surface area contributed by atoms with Gasteiger partial charge in [0.1, 0.15) is 6.04 Å². The second-order valence-corrected chi connectivity index (χ2v) is 4.97. The molecule has 2 aromatic rings. The van der Waals surface area contributed by atoms with Gasteiger partial charge in [-0.05, 0) is 25.6 Å². The van der Waals surface area contributed by atoms with Crippen LogP contribution < -0.4 is 10.6 Å². The molecule has 2 rings (SSSR count). The molecule has 0 aliphatic rings. The van der Waals surface area contributed by atoms with Gasteiger partial charge in [-0.2, -0.15) is 0 Å². The van der Waals surface area contributed by atoms with E-state index in [1.807, 2.05) is 24.3 Å². The van der Waals surface area contributed by atoms with Crippen LogP contribution >= 0.6 is 0 Å². The Labute approximate surface area is 122 Å². The van der Waals surface area contributed by atoms with Crippen LogP contribution in [0.3, 0.4) is 0 Å². The molecule has 0 aliphatic heterocycles. The Morgan fingerprint density at radius 1 is 1.33 bits per heavy atom. The van der Waals surface area contributed by atoms with Gasteiger partial charge in [0.2, 0.25) is 5.91 Å². The minimum atomic E-state index is -1.04. The lowest BCUT2D eigenvalue weighted by Crippen LogP contribution is -2.49. The summed E-state index contributed by atoms with van der Waals surface area (Å²) >= 11 is 0. The third-order valence-corrected chi connectivity index (χ3v) is 3.54. The number of aromatic amines is 1. The predicted octanol–water partition coefficient (Wildman–Crippen LogP) is 0.888. The van der Waals surface area contributed by atoms with Crippen LogP contribution in [0.25, 0.3) is 10.9 Å². The molecule has 112 valence electrons. The number of carboxylic acid groups (broad SMARTS) is 1. The van der Waals surface area contributed by atoms with Crippen molar-refractivity contribution in [3.8, 4) is 0 Å². The van der Waals surface area contributed by atoms with Crippen molar-refractivity contribution in [3.05, 3.63) is 36.0 Å². The molecule has 1 aromatic heterocycles. The van der Waals surface area contributed by atoms with E-state index in [2.05, 4.69) is 15.6 Å². The summed E-state index contributed by atoms with van der Waals surface area (Å²) in [5.41, 5.74) is 1.82. The van der Waals surface area contributed by atoms with E-state index in [0.717, 1.165) is 16.5 Å². The molecule has 2 unspecified atom stereocenters. The zero-order valence-corrected chi connectivity index (χ0v) is 12.0. The first-order chi connectivity index (χ1) is 10.0. The Balaban J connectivity index is 2.17. The molecule has 1 heterocycles. The molecule has 6 nitrogen and oxygen atoms in total. The van der Waals surface area contributed by atoms with E-state index in [1.165, 1.54) is 0 Å². The number of aliphatic carboxylic acids is 1. The number of fused-ring (bicyclic) bond motifs is 1. The molecule has 1 amide bonds. The van der Waals surface area contributed by atoms with Gasteiger partial charge in [0.15, 0.2) is 0 Å². The number of aromatic nitrogens is 1. The Hall–Kier alpha value is -2.34. The Morgan fingerprint density at radius 3 is 2.71 bits per heavy atom. The Bertz CT molecular complexity index is 650. The van der Waals surface area contributed by atoms with E-state index in [0.29, 0.717) is 0 Å². The SMILES string of the molecule is CNC(C)C(=O)NC(Cc1c[nH]c2ccccc12)C(=O)O. The van der Waals surface area contributed by atoms with Crippen molar-refractivity contribution < 1.29 is 14.7 Å². The van der Waals surface area contributed by atoms with E-state index in [1.54, 1.807) is 20.2 Å². The van der Waals surface area contributed by atoms with Gasteiger partial charge in [0.25, 0.3) is 0 Å². The lowest BCUT2D eigenvalue weighted by molar-refractivity contribution is -0.142. The van der Waals surface area contributed by atoms with Gasteiger partial charge >= 0.3 is 5.97 Å². The average Bonchev–Trinajstić information content (AvgIpc) is 2.88. The van der Waals surface area contributed by atoms with Crippen molar-refractivity contribution in [2.75, 3.05) is 7.05 Å². The van der Waals surface area contributed by atoms with E-state index in [9.17, 15) is 14.7 Å². The molecule has 0 saturated heterocycles. The number of likely N-dealkylation sites (N-methyl/N-ethyl adjacent to an activating group) is 1. The van der Waals surface area contributed by atoms with Crippen LogP contribution in [0.4, 0.5) is 0 Å². The summed E-state index contributed by atoms with van der Waals surface area (Å²) in [6, 6.07) is 6.28. The predicted molar refractivity (Wildman–Crippen MR) is 80.1 cm³/mol. The first-order valence-corrected chi connectivity index (χ1v) is 6.78. The lowest BCUT2D eigenvalue weighted by Gasteiger charge is -2.17. The topological polar surface area (TPSA) is 94.2 Å². The minimum Gasteiger partial charge on any atom is -0.480 e. The number of carboxylic acids is 1. The van der Waals surface area contributed by atoms with Gasteiger partial charge in [0.05, 0.1) is 6.04 Å². The van der Waals surface area contributed by atoms with Crippen molar-refractivity contribution in [1.82, 2.24) is 15.6 Å². The van der Waals surface area contributed by atoms with Crippen molar-refractivity contribution >= 4 is 22.8 Å². The number of rotatable bonds is 6. The number of hydrogen-bond donors (Lipinski definition) is 4. The summed E-state index contributed by atoms with van der Waals surface area (Å²) in [6.07, 6.45) is 2.02. The van der Waals surface area contributed by atoms with Crippen LogP contribution in [-0.2, 0) is 16.0 Å². The number of nitrogens with one attached hydrogen (secondary N) is 3. The zero-order valence-electron chi connectivity index (χ0n) is 12.0. The van der Waals surface area contributed by atoms with E-state index >= 15 is 0 Å². The Kier molecular flexibility index (Phi) is 4.59. The van der Waals surface area contributed by atoms with Crippen molar-refractivity contribution in [2.45, 2.75) is 25.4 Å². The van der Waals surface area contributed by atoms with Gasteiger partial charge < -0.3 is 20.7 Å². The molecule has 0 fully saturated rings. The number of carbonyl (C=O) groups excluding carboxylic acids is 1. The number of H-pyrrole nitrogens is 1. The normalized spacial score (nSPS) is 13.8. The molecular weight excluding hydrogens is 270 g/mol. The minimum absolute atomic E-state index is 0.238. The Morgan fingerprint density at radius 2 is 2.05 bits per heavy atom. The summed E-state index contributed by atoms with van der Waals surface area (Å²) in [4.78, 5) is 26.3. The maximum Gasteiger partial charge on any atom is 0.326 e. The first kappa shape index (κ1) is 15.1. The summed E-state index contributed by atoms with van der Waals surface area (Å²) < 4.78 is 0. The maximum atomic E-state index is 11.8. The van der Waals surface area contributed by atoms with Gasteiger partial charge in [-0.3, -0.25) is 4.79 Å². The summed E-state index contributed by atoms with van der Waals surface area (Å²) in [6.45, 7) is 1.68. The maximum absolute atomic E-state index is 11.8. The van der Waals surface area contributed by atoms with E-state index in [-0.39, 0.29) is 12.3 Å². The molecule has 0 radical (unpaired) electrons. The van der Waals surface area contributed by atoms with Crippen LogP contribution in [-0.4, -0.2) is 41.1 Å². The van der Waals surface area contributed by atoms with Crippen LogP contribution in [0, 0.1) is 0 Å². The highest BCUT2D eigenvalue weighted by molar-refractivity contribution is 5.88. The molecular formula is C15H19N3O3. The van der Waals surface area contributed by atoms with Crippen LogP contribution in [0.5, 0.6) is 0 Å². The van der Waals surface area contributed by atoms with Crippen LogP contribution in [0.1, 0.15) is 12.5 Å². The largest absolute Gasteiger partial charge is 0.480 e. The van der Waals surface area contributed by atoms with Gasteiger partial charge in [-0.25, -0.2) is 4.79 Å².